The molecule has 0 aliphatic carbocycles. The van der Waals surface area contributed by atoms with Crippen molar-refractivity contribution in [1.82, 2.24) is 4.98 Å². The normalized spacial score (nSPS) is 14.5. The Hall–Kier alpha value is -1.94. The van der Waals surface area contributed by atoms with E-state index in [0.29, 0.717) is 0 Å². The van der Waals surface area contributed by atoms with Crippen molar-refractivity contribution in [3.63, 3.8) is 0 Å². The van der Waals surface area contributed by atoms with Crippen molar-refractivity contribution in [3.05, 3.63) is 42.1 Å². The Kier molecular flexibility index (Phi) is 3.06. The minimum absolute atomic E-state index is 0.272. The van der Waals surface area contributed by atoms with E-state index in [1.807, 2.05) is 37.3 Å². The number of rotatable bonds is 3. The zero-order valence-corrected chi connectivity index (χ0v) is 9.50. The van der Waals surface area contributed by atoms with Crippen molar-refractivity contribution < 1.29 is 9.90 Å². The molecule has 88 valence electrons. The molecule has 0 saturated carbocycles. The number of aliphatic carboxylic acids is 1. The van der Waals surface area contributed by atoms with E-state index in [4.69, 9.17) is 10.8 Å². The van der Waals surface area contributed by atoms with Crippen molar-refractivity contribution in [2.24, 2.45) is 5.73 Å². The van der Waals surface area contributed by atoms with Gasteiger partial charge < -0.3 is 10.8 Å². The predicted octanol–water partition coefficient (Wildman–Crippen LogP) is 1.75. The van der Waals surface area contributed by atoms with E-state index in [1.165, 1.54) is 0 Å². The van der Waals surface area contributed by atoms with Crippen LogP contribution in [0.5, 0.6) is 0 Å². The molecule has 4 nitrogen and oxygen atoms in total. The fraction of sp³-hybridized carbons (Fsp3) is 0.231. The van der Waals surface area contributed by atoms with Crippen LogP contribution in [0.3, 0.4) is 0 Å². The molecule has 0 spiro atoms. The van der Waals surface area contributed by atoms with E-state index in [-0.39, 0.29) is 5.92 Å². The first-order valence-electron chi connectivity index (χ1n) is 5.43. The number of hydrogen-bond donors (Lipinski definition) is 2. The molecule has 0 saturated heterocycles. The molecule has 1 aromatic heterocycles. The first-order valence-corrected chi connectivity index (χ1v) is 5.43. The van der Waals surface area contributed by atoms with Gasteiger partial charge in [-0.1, -0.05) is 31.2 Å². The first-order chi connectivity index (χ1) is 8.11. The second-order valence-electron chi connectivity index (χ2n) is 4.08. The molecule has 1 aromatic carbocycles. The summed E-state index contributed by atoms with van der Waals surface area (Å²) in [4.78, 5) is 15.2. The summed E-state index contributed by atoms with van der Waals surface area (Å²) in [6.07, 6.45) is 1.70. The lowest BCUT2D eigenvalue weighted by atomic mass is 9.92. The quantitative estimate of drug-likeness (QED) is 0.842. The maximum atomic E-state index is 10.9. The van der Waals surface area contributed by atoms with Gasteiger partial charge in [-0.2, -0.15) is 0 Å². The molecule has 1 heterocycles. The fourth-order valence-corrected chi connectivity index (χ4v) is 1.90. The Morgan fingerprint density at radius 3 is 2.76 bits per heavy atom. The number of nitrogens with two attached hydrogens (primary N) is 1. The number of fused-ring (bicyclic) bond motifs is 1. The SMILES string of the molecule is C[C@H](c1cccc2cccnc12)[C@H](N)C(=O)O. The summed E-state index contributed by atoms with van der Waals surface area (Å²) in [5, 5.41) is 9.94. The molecule has 3 N–H and O–H groups in total. The van der Waals surface area contributed by atoms with Gasteiger partial charge in [0, 0.05) is 17.5 Å². The van der Waals surface area contributed by atoms with E-state index in [9.17, 15) is 4.79 Å². The maximum absolute atomic E-state index is 10.9. The van der Waals surface area contributed by atoms with Crippen molar-refractivity contribution in [2.75, 3.05) is 0 Å². The molecular weight excluding hydrogens is 216 g/mol. The Bertz CT molecular complexity index is 549. The molecule has 0 bridgehead atoms. The predicted molar refractivity (Wildman–Crippen MR) is 65.8 cm³/mol. The smallest absolute Gasteiger partial charge is 0.321 e. The molecule has 2 rings (SSSR count). The Balaban J connectivity index is 2.52. The third-order valence-corrected chi connectivity index (χ3v) is 2.98. The lowest BCUT2D eigenvalue weighted by molar-refractivity contribution is -0.138. The third kappa shape index (κ3) is 2.12. The number of carboxylic acid groups (broad SMARTS) is 1. The highest BCUT2D eigenvalue weighted by Crippen LogP contribution is 2.25. The van der Waals surface area contributed by atoms with Gasteiger partial charge in [0.15, 0.2) is 0 Å². The van der Waals surface area contributed by atoms with Crippen LogP contribution in [-0.4, -0.2) is 22.1 Å². The number of benzene rings is 1. The molecule has 17 heavy (non-hydrogen) atoms. The third-order valence-electron chi connectivity index (χ3n) is 2.98. The van der Waals surface area contributed by atoms with Crippen LogP contribution < -0.4 is 5.73 Å². The monoisotopic (exact) mass is 230 g/mol. The number of nitrogens with zero attached hydrogens (tertiary/aromatic N) is 1. The van der Waals surface area contributed by atoms with Crippen LogP contribution in [0.1, 0.15) is 18.4 Å². The second kappa shape index (κ2) is 4.51. The van der Waals surface area contributed by atoms with Crippen molar-refractivity contribution >= 4 is 16.9 Å². The zero-order chi connectivity index (χ0) is 12.4. The average molecular weight is 230 g/mol. The van der Waals surface area contributed by atoms with Gasteiger partial charge in [-0.05, 0) is 11.6 Å². The highest BCUT2D eigenvalue weighted by atomic mass is 16.4. The summed E-state index contributed by atoms with van der Waals surface area (Å²) in [6, 6.07) is 8.61. The summed E-state index contributed by atoms with van der Waals surface area (Å²) in [5.41, 5.74) is 7.35. The highest BCUT2D eigenvalue weighted by molar-refractivity contribution is 5.83. The standard InChI is InChI=1S/C13H14N2O2/c1-8(11(14)13(16)17)10-6-2-4-9-5-3-7-15-12(9)10/h2-8,11H,14H2,1H3,(H,16,17)/t8-,11+/m1/s1. The average Bonchev–Trinajstić information content (AvgIpc) is 2.36. The molecule has 2 aromatic rings. The molecular formula is C13H14N2O2. The largest absolute Gasteiger partial charge is 0.480 e. The van der Waals surface area contributed by atoms with Gasteiger partial charge in [0.2, 0.25) is 0 Å². The van der Waals surface area contributed by atoms with E-state index < -0.39 is 12.0 Å². The van der Waals surface area contributed by atoms with Gasteiger partial charge in [-0.25, -0.2) is 0 Å². The topological polar surface area (TPSA) is 76.2 Å². The molecule has 2 atom stereocenters. The van der Waals surface area contributed by atoms with E-state index in [2.05, 4.69) is 4.98 Å². The summed E-state index contributed by atoms with van der Waals surface area (Å²) < 4.78 is 0. The summed E-state index contributed by atoms with van der Waals surface area (Å²) >= 11 is 0. The number of carboxylic acids is 1. The number of hydrogen-bond acceptors (Lipinski definition) is 3. The lowest BCUT2D eigenvalue weighted by Gasteiger charge is -2.17. The zero-order valence-electron chi connectivity index (χ0n) is 9.50. The summed E-state index contributed by atoms with van der Waals surface area (Å²) in [6.45, 7) is 1.81. The second-order valence-corrected chi connectivity index (χ2v) is 4.08. The Labute approximate surface area is 99.1 Å². The van der Waals surface area contributed by atoms with E-state index >= 15 is 0 Å². The number of pyridine rings is 1. The molecule has 0 amide bonds. The van der Waals surface area contributed by atoms with Gasteiger partial charge >= 0.3 is 5.97 Å². The number of para-hydroxylation sites is 1. The molecule has 4 heteroatoms. The fourth-order valence-electron chi connectivity index (χ4n) is 1.90. The molecule has 0 aliphatic rings. The minimum Gasteiger partial charge on any atom is -0.480 e. The number of aromatic nitrogens is 1. The van der Waals surface area contributed by atoms with Crippen molar-refractivity contribution in [3.8, 4) is 0 Å². The van der Waals surface area contributed by atoms with Crippen molar-refractivity contribution in [2.45, 2.75) is 18.9 Å². The summed E-state index contributed by atoms with van der Waals surface area (Å²) in [5.74, 6) is -1.27. The van der Waals surface area contributed by atoms with E-state index in [0.717, 1.165) is 16.5 Å². The minimum atomic E-state index is -0.995. The van der Waals surface area contributed by atoms with E-state index in [1.54, 1.807) is 6.20 Å². The van der Waals surface area contributed by atoms with Gasteiger partial charge in [0.1, 0.15) is 6.04 Å². The highest BCUT2D eigenvalue weighted by Gasteiger charge is 2.23. The van der Waals surface area contributed by atoms with Gasteiger partial charge in [0.05, 0.1) is 5.52 Å². The molecule has 0 radical (unpaired) electrons. The van der Waals surface area contributed by atoms with Crippen LogP contribution in [-0.2, 0) is 4.79 Å². The van der Waals surface area contributed by atoms with Crippen molar-refractivity contribution in [1.29, 1.82) is 0 Å². The van der Waals surface area contributed by atoms with Crippen LogP contribution in [0.4, 0.5) is 0 Å². The van der Waals surface area contributed by atoms with Gasteiger partial charge in [-0.15, -0.1) is 0 Å². The van der Waals surface area contributed by atoms with Crippen LogP contribution >= 0.6 is 0 Å². The maximum Gasteiger partial charge on any atom is 0.321 e. The molecule has 0 aliphatic heterocycles. The molecule has 0 unspecified atom stereocenters. The van der Waals surface area contributed by atoms with Crippen LogP contribution in [0.15, 0.2) is 36.5 Å². The van der Waals surface area contributed by atoms with Crippen LogP contribution in [0.2, 0.25) is 0 Å². The van der Waals surface area contributed by atoms with Crippen LogP contribution in [0, 0.1) is 0 Å². The molecule has 0 fully saturated rings. The van der Waals surface area contributed by atoms with Crippen LogP contribution in [0.25, 0.3) is 10.9 Å². The number of carbonyl (C=O) groups is 1. The summed E-state index contributed by atoms with van der Waals surface area (Å²) in [7, 11) is 0. The van der Waals surface area contributed by atoms with Gasteiger partial charge in [0.25, 0.3) is 0 Å². The Morgan fingerprint density at radius 2 is 2.06 bits per heavy atom. The Morgan fingerprint density at radius 1 is 1.35 bits per heavy atom. The first kappa shape index (κ1) is 11.5. The van der Waals surface area contributed by atoms with Gasteiger partial charge in [-0.3, -0.25) is 9.78 Å². The lowest BCUT2D eigenvalue weighted by Crippen LogP contribution is -2.35.